The Kier molecular flexibility index (Phi) is 7.13. The van der Waals surface area contributed by atoms with Gasteiger partial charge in [0, 0.05) is 22.7 Å². The second-order valence-electron chi connectivity index (χ2n) is 6.31. The molecule has 6 heteroatoms. The van der Waals surface area contributed by atoms with Gasteiger partial charge < -0.3 is 10.1 Å². The van der Waals surface area contributed by atoms with Crippen LogP contribution in [0.4, 0.5) is 0 Å². The van der Waals surface area contributed by atoms with E-state index in [4.69, 9.17) is 16.3 Å². The standard InChI is InChI=1S/C21H22ClNO4/c1-13-4-5-17(12-14(13)2)20(25)15(3)27-19(24)10-11-23-21(26)16-6-8-18(22)9-7-16/h4-9,12,15H,10-11H2,1-3H3,(H,23,26)/t15-/m0/s1. The first-order valence-corrected chi connectivity index (χ1v) is 9.00. The molecule has 1 amide bonds. The van der Waals surface area contributed by atoms with Gasteiger partial charge in [0.15, 0.2) is 6.10 Å². The Morgan fingerprint density at radius 2 is 1.63 bits per heavy atom. The maximum Gasteiger partial charge on any atom is 0.308 e. The molecule has 2 aromatic rings. The summed E-state index contributed by atoms with van der Waals surface area (Å²) in [5.74, 6) is -1.11. The number of carbonyl (C=O) groups excluding carboxylic acids is 3. The zero-order valence-corrected chi connectivity index (χ0v) is 16.3. The van der Waals surface area contributed by atoms with Crippen LogP contribution in [-0.4, -0.2) is 30.3 Å². The summed E-state index contributed by atoms with van der Waals surface area (Å²) in [5.41, 5.74) is 3.05. The molecule has 0 aliphatic heterocycles. The maximum atomic E-state index is 12.4. The molecule has 0 spiro atoms. The molecule has 0 bridgehead atoms. The third-order valence-corrected chi connectivity index (χ3v) is 4.44. The number of amides is 1. The minimum atomic E-state index is -0.883. The van der Waals surface area contributed by atoms with Crippen LogP contribution < -0.4 is 5.32 Å². The number of carbonyl (C=O) groups is 3. The Balaban J connectivity index is 1.80. The number of rotatable bonds is 7. The highest BCUT2D eigenvalue weighted by atomic mass is 35.5. The van der Waals surface area contributed by atoms with Crippen LogP contribution in [0.2, 0.25) is 5.02 Å². The van der Waals surface area contributed by atoms with Crippen molar-refractivity contribution in [2.24, 2.45) is 0 Å². The molecular weight excluding hydrogens is 366 g/mol. The minimum absolute atomic E-state index is 0.0239. The fraction of sp³-hybridized carbons (Fsp3) is 0.286. The average Bonchev–Trinajstić information content (AvgIpc) is 2.63. The van der Waals surface area contributed by atoms with Gasteiger partial charge in [0.2, 0.25) is 5.78 Å². The molecule has 0 fully saturated rings. The van der Waals surface area contributed by atoms with Crippen molar-refractivity contribution in [2.75, 3.05) is 6.54 Å². The third-order valence-electron chi connectivity index (χ3n) is 4.19. The van der Waals surface area contributed by atoms with E-state index in [0.717, 1.165) is 11.1 Å². The van der Waals surface area contributed by atoms with E-state index in [9.17, 15) is 14.4 Å². The molecule has 0 saturated heterocycles. The molecule has 2 rings (SSSR count). The molecule has 27 heavy (non-hydrogen) atoms. The summed E-state index contributed by atoms with van der Waals surface area (Å²) in [6.07, 6.45) is -0.907. The van der Waals surface area contributed by atoms with Crippen molar-refractivity contribution in [3.05, 3.63) is 69.7 Å². The Morgan fingerprint density at radius 1 is 1.00 bits per heavy atom. The van der Waals surface area contributed by atoms with Crippen LogP contribution >= 0.6 is 11.6 Å². The topological polar surface area (TPSA) is 72.5 Å². The van der Waals surface area contributed by atoms with Crippen molar-refractivity contribution in [3.8, 4) is 0 Å². The number of ether oxygens (including phenoxy) is 1. The molecule has 0 aliphatic rings. The first kappa shape index (κ1) is 20.6. The van der Waals surface area contributed by atoms with Crippen molar-refractivity contribution < 1.29 is 19.1 Å². The first-order valence-electron chi connectivity index (χ1n) is 8.62. The minimum Gasteiger partial charge on any atom is -0.454 e. The summed E-state index contributed by atoms with van der Waals surface area (Å²) in [4.78, 5) is 36.3. The van der Waals surface area contributed by atoms with Crippen LogP contribution in [0.1, 0.15) is 45.2 Å². The van der Waals surface area contributed by atoms with Crippen molar-refractivity contribution in [2.45, 2.75) is 33.3 Å². The van der Waals surface area contributed by atoms with E-state index in [-0.39, 0.29) is 24.7 Å². The SMILES string of the molecule is Cc1ccc(C(=O)[C@H](C)OC(=O)CCNC(=O)c2ccc(Cl)cc2)cc1C. The van der Waals surface area contributed by atoms with Gasteiger partial charge in [0.25, 0.3) is 5.91 Å². The van der Waals surface area contributed by atoms with Gasteiger partial charge in [-0.2, -0.15) is 0 Å². The van der Waals surface area contributed by atoms with E-state index in [1.165, 1.54) is 0 Å². The lowest BCUT2D eigenvalue weighted by Gasteiger charge is -2.13. The zero-order chi connectivity index (χ0) is 20.0. The molecule has 2 aromatic carbocycles. The Bertz CT molecular complexity index is 846. The largest absolute Gasteiger partial charge is 0.454 e. The van der Waals surface area contributed by atoms with Crippen LogP contribution in [0.3, 0.4) is 0 Å². The molecule has 0 saturated carbocycles. The zero-order valence-electron chi connectivity index (χ0n) is 15.5. The van der Waals surface area contributed by atoms with Crippen LogP contribution in [0.15, 0.2) is 42.5 Å². The molecule has 5 nitrogen and oxygen atoms in total. The second-order valence-corrected chi connectivity index (χ2v) is 6.74. The van der Waals surface area contributed by atoms with Crippen molar-refractivity contribution in [3.63, 3.8) is 0 Å². The van der Waals surface area contributed by atoms with Gasteiger partial charge in [-0.05, 0) is 62.2 Å². The summed E-state index contributed by atoms with van der Waals surface area (Å²) in [5, 5.41) is 3.17. The van der Waals surface area contributed by atoms with E-state index < -0.39 is 12.1 Å². The van der Waals surface area contributed by atoms with Crippen LogP contribution in [0, 0.1) is 13.8 Å². The predicted octanol–water partition coefficient (Wildman–Crippen LogP) is 3.89. The van der Waals surface area contributed by atoms with Crippen molar-refractivity contribution in [1.29, 1.82) is 0 Å². The van der Waals surface area contributed by atoms with E-state index in [1.54, 1.807) is 43.3 Å². The molecule has 1 N–H and O–H groups in total. The number of nitrogens with one attached hydrogen (secondary N) is 1. The number of ketones is 1. The summed E-state index contributed by atoms with van der Waals surface area (Å²) in [7, 11) is 0. The molecule has 142 valence electrons. The predicted molar refractivity (Wildman–Crippen MR) is 104 cm³/mol. The van der Waals surface area contributed by atoms with E-state index in [0.29, 0.717) is 16.1 Å². The van der Waals surface area contributed by atoms with Gasteiger partial charge in [-0.3, -0.25) is 14.4 Å². The van der Waals surface area contributed by atoms with Gasteiger partial charge in [-0.25, -0.2) is 0 Å². The van der Waals surface area contributed by atoms with Crippen molar-refractivity contribution >= 4 is 29.3 Å². The number of esters is 1. The number of Topliss-reactive ketones (excluding diaryl/α,β-unsaturated/α-hetero) is 1. The molecule has 0 heterocycles. The van der Waals surface area contributed by atoms with Gasteiger partial charge in [-0.15, -0.1) is 0 Å². The lowest BCUT2D eigenvalue weighted by molar-refractivity contribution is -0.146. The highest BCUT2D eigenvalue weighted by Crippen LogP contribution is 2.13. The normalized spacial score (nSPS) is 11.6. The Labute approximate surface area is 163 Å². The second kappa shape index (κ2) is 9.33. The van der Waals surface area contributed by atoms with Gasteiger partial charge in [0.1, 0.15) is 0 Å². The molecule has 1 atom stereocenters. The van der Waals surface area contributed by atoms with Gasteiger partial charge in [-0.1, -0.05) is 23.7 Å². The van der Waals surface area contributed by atoms with Crippen LogP contribution in [0.25, 0.3) is 0 Å². The van der Waals surface area contributed by atoms with Crippen LogP contribution in [-0.2, 0) is 9.53 Å². The fourth-order valence-electron chi connectivity index (χ4n) is 2.42. The highest BCUT2D eigenvalue weighted by molar-refractivity contribution is 6.30. The van der Waals surface area contributed by atoms with E-state index in [1.807, 2.05) is 19.9 Å². The maximum absolute atomic E-state index is 12.4. The quantitative estimate of drug-likeness (QED) is 0.577. The smallest absolute Gasteiger partial charge is 0.308 e. The lowest BCUT2D eigenvalue weighted by atomic mass is 10.0. The third kappa shape index (κ3) is 5.93. The number of hydrogen-bond donors (Lipinski definition) is 1. The molecule has 0 unspecified atom stereocenters. The monoisotopic (exact) mass is 387 g/mol. The average molecular weight is 388 g/mol. The summed E-state index contributed by atoms with van der Waals surface area (Å²) in [6, 6.07) is 11.8. The van der Waals surface area contributed by atoms with Crippen molar-refractivity contribution in [1.82, 2.24) is 5.32 Å². The van der Waals surface area contributed by atoms with Gasteiger partial charge >= 0.3 is 5.97 Å². The van der Waals surface area contributed by atoms with Crippen LogP contribution in [0.5, 0.6) is 0 Å². The summed E-state index contributed by atoms with van der Waals surface area (Å²) in [6.45, 7) is 5.55. The molecule has 0 radical (unpaired) electrons. The summed E-state index contributed by atoms with van der Waals surface area (Å²) < 4.78 is 5.18. The number of halogens is 1. The Morgan fingerprint density at radius 3 is 2.26 bits per heavy atom. The van der Waals surface area contributed by atoms with E-state index in [2.05, 4.69) is 5.32 Å². The van der Waals surface area contributed by atoms with Gasteiger partial charge in [0.05, 0.1) is 6.42 Å². The highest BCUT2D eigenvalue weighted by Gasteiger charge is 2.20. The van der Waals surface area contributed by atoms with E-state index >= 15 is 0 Å². The summed E-state index contributed by atoms with van der Waals surface area (Å²) >= 11 is 5.78. The molecule has 0 aromatic heterocycles. The first-order chi connectivity index (χ1) is 12.8. The molecular formula is C21H22ClNO4. The lowest BCUT2D eigenvalue weighted by Crippen LogP contribution is -2.29. The number of benzene rings is 2. The number of hydrogen-bond acceptors (Lipinski definition) is 4. The Hall–Kier alpha value is -2.66. The number of aryl methyl sites for hydroxylation is 2. The fourth-order valence-corrected chi connectivity index (χ4v) is 2.55. The molecule has 0 aliphatic carbocycles.